The smallest absolute Gasteiger partial charge is 0.416 e. The van der Waals surface area contributed by atoms with Gasteiger partial charge < -0.3 is 14.5 Å². The molecule has 1 heterocycles. The zero-order valence-corrected chi connectivity index (χ0v) is 25.2. The van der Waals surface area contributed by atoms with Gasteiger partial charge in [-0.1, -0.05) is 67.6 Å². The van der Waals surface area contributed by atoms with Crippen molar-refractivity contribution in [2.75, 3.05) is 33.3 Å². The Labute approximate surface area is 252 Å². The van der Waals surface area contributed by atoms with E-state index in [0.29, 0.717) is 29.7 Å². The van der Waals surface area contributed by atoms with E-state index in [0.717, 1.165) is 63.0 Å². The lowest BCUT2D eigenvalue weighted by molar-refractivity contribution is -0.144. The minimum Gasteiger partial charge on any atom is -0.466 e. The van der Waals surface area contributed by atoms with Gasteiger partial charge in [0.1, 0.15) is 0 Å². The van der Waals surface area contributed by atoms with E-state index in [1.54, 1.807) is 29.2 Å². The first kappa shape index (κ1) is 32.3. The molecule has 230 valence electrons. The van der Waals surface area contributed by atoms with Crippen molar-refractivity contribution in [2.45, 2.75) is 63.6 Å². The van der Waals surface area contributed by atoms with E-state index in [2.05, 4.69) is 24.0 Å². The van der Waals surface area contributed by atoms with Crippen LogP contribution >= 0.6 is 0 Å². The quantitative estimate of drug-likeness (QED) is 0.215. The highest BCUT2D eigenvalue weighted by atomic mass is 19.4. The molecule has 0 N–H and O–H groups in total. The largest absolute Gasteiger partial charge is 0.466 e. The fourth-order valence-electron chi connectivity index (χ4n) is 6.04. The average molecular weight is 595 g/mol. The van der Waals surface area contributed by atoms with Crippen molar-refractivity contribution in [1.82, 2.24) is 9.80 Å². The maximum absolute atomic E-state index is 13.6. The number of esters is 1. The van der Waals surface area contributed by atoms with Crippen LogP contribution in [-0.4, -0.2) is 61.0 Å². The number of piperidine rings is 1. The summed E-state index contributed by atoms with van der Waals surface area (Å²) < 4.78 is 44.4. The van der Waals surface area contributed by atoms with Crippen LogP contribution in [0.25, 0.3) is 11.1 Å². The first-order chi connectivity index (χ1) is 20.5. The summed E-state index contributed by atoms with van der Waals surface area (Å²) in [4.78, 5) is 30.2. The third kappa shape index (κ3) is 8.25. The van der Waals surface area contributed by atoms with Crippen LogP contribution < -0.4 is 0 Å². The zero-order valence-electron chi connectivity index (χ0n) is 25.2. The lowest BCUT2D eigenvalue weighted by Crippen LogP contribution is -2.46. The number of nitrogens with zero attached hydrogens (tertiary/aromatic N) is 2. The Kier molecular flexibility index (Phi) is 10.7. The molecular formula is C35H41F3N2O3. The molecule has 0 saturated carbocycles. The first-order valence-electron chi connectivity index (χ1n) is 15.0. The minimum absolute atomic E-state index is 0.0720. The van der Waals surface area contributed by atoms with Crippen molar-refractivity contribution >= 4 is 11.9 Å². The van der Waals surface area contributed by atoms with Crippen molar-refractivity contribution in [3.05, 3.63) is 95.6 Å². The molecule has 4 rings (SSSR count). The lowest BCUT2D eigenvalue weighted by atomic mass is 9.76. The number of alkyl halides is 3. The molecular weight excluding hydrogens is 553 g/mol. The van der Waals surface area contributed by atoms with Gasteiger partial charge in [0.15, 0.2) is 0 Å². The molecule has 43 heavy (non-hydrogen) atoms. The van der Waals surface area contributed by atoms with Crippen LogP contribution in [0.3, 0.4) is 0 Å². The van der Waals surface area contributed by atoms with Crippen LogP contribution in [0.4, 0.5) is 13.2 Å². The molecule has 1 atom stereocenters. The number of halogens is 3. The van der Waals surface area contributed by atoms with E-state index in [9.17, 15) is 22.8 Å². The van der Waals surface area contributed by atoms with Gasteiger partial charge in [-0.25, -0.2) is 0 Å². The molecule has 8 heteroatoms. The fraction of sp³-hybridized carbons (Fsp3) is 0.429. The molecule has 0 bridgehead atoms. The highest BCUT2D eigenvalue weighted by molar-refractivity contribution is 6.01. The number of benzene rings is 3. The summed E-state index contributed by atoms with van der Waals surface area (Å²) in [5.41, 5.74) is 1.79. The molecule has 1 unspecified atom stereocenters. The molecule has 0 aliphatic carbocycles. The lowest BCUT2D eigenvalue weighted by Gasteiger charge is -2.37. The standard InChI is InChI=1S/C35H41F3N2O3/c1-4-43-32(41)25-34(2,27-11-6-5-7-12-27)21-10-22-40-23-19-29(20-24-40)39(3)33(42)31-14-9-8-13-30(31)26-15-17-28(18-16-26)35(36,37)38/h5-9,11-18,29H,4,10,19-25H2,1-3H3. The van der Waals surface area contributed by atoms with Crippen LogP contribution in [0.5, 0.6) is 0 Å². The van der Waals surface area contributed by atoms with E-state index < -0.39 is 11.7 Å². The second-order valence-electron chi connectivity index (χ2n) is 11.6. The SMILES string of the molecule is CCOC(=O)CC(C)(CCCN1CCC(N(C)C(=O)c2ccccc2-c2ccc(C(F)(F)F)cc2)CC1)c1ccccc1. The predicted molar refractivity (Wildman–Crippen MR) is 163 cm³/mol. The molecule has 3 aromatic rings. The highest BCUT2D eigenvalue weighted by Gasteiger charge is 2.32. The van der Waals surface area contributed by atoms with Crippen LogP contribution in [0.2, 0.25) is 0 Å². The molecule has 1 aliphatic heterocycles. The van der Waals surface area contributed by atoms with Crippen LogP contribution in [-0.2, 0) is 21.1 Å². The van der Waals surface area contributed by atoms with Crippen molar-refractivity contribution < 1.29 is 27.5 Å². The Bertz CT molecular complexity index is 1350. The van der Waals surface area contributed by atoms with Crippen molar-refractivity contribution in [2.24, 2.45) is 0 Å². The van der Waals surface area contributed by atoms with Crippen LogP contribution in [0.1, 0.15) is 67.4 Å². The third-order valence-corrected chi connectivity index (χ3v) is 8.62. The number of amides is 1. The molecule has 3 aromatic carbocycles. The summed E-state index contributed by atoms with van der Waals surface area (Å²) in [6.45, 7) is 6.97. The zero-order chi connectivity index (χ0) is 31.0. The number of ether oxygens (including phenoxy) is 1. The number of likely N-dealkylation sites (tertiary alicyclic amines) is 1. The van der Waals surface area contributed by atoms with E-state index in [1.807, 2.05) is 32.2 Å². The average Bonchev–Trinajstić information content (AvgIpc) is 3.01. The molecule has 0 spiro atoms. The monoisotopic (exact) mass is 594 g/mol. The van der Waals surface area contributed by atoms with Gasteiger partial charge in [0.2, 0.25) is 0 Å². The molecule has 1 fully saturated rings. The molecule has 1 amide bonds. The number of hydrogen-bond acceptors (Lipinski definition) is 4. The van der Waals surface area contributed by atoms with Gasteiger partial charge in [0.05, 0.1) is 18.6 Å². The Morgan fingerprint density at radius 2 is 1.53 bits per heavy atom. The van der Waals surface area contributed by atoms with Crippen LogP contribution in [0.15, 0.2) is 78.9 Å². The first-order valence-corrected chi connectivity index (χ1v) is 15.0. The number of rotatable bonds is 11. The maximum atomic E-state index is 13.6. The predicted octanol–water partition coefficient (Wildman–Crippen LogP) is 7.60. The van der Waals surface area contributed by atoms with Gasteiger partial charge in [-0.3, -0.25) is 9.59 Å². The van der Waals surface area contributed by atoms with Crippen molar-refractivity contribution in [3.63, 3.8) is 0 Å². The highest BCUT2D eigenvalue weighted by Crippen LogP contribution is 2.34. The summed E-state index contributed by atoms with van der Waals surface area (Å²) in [7, 11) is 1.81. The molecule has 1 saturated heterocycles. The molecule has 1 aliphatic rings. The van der Waals surface area contributed by atoms with Gasteiger partial charge in [-0.15, -0.1) is 0 Å². The van der Waals surface area contributed by atoms with Crippen LogP contribution in [0, 0.1) is 0 Å². The van der Waals surface area contributed by atoms with Gasteiger partial charge in [-0.05, 0) is 74.0 Å². The summed E-state index contributed by atoms with van der Waals surface area (Å²) in [5.74, 6) is -0.311. The van der Waals surface area contributed by atoms with E-state index >= 15 is 0 Å². The Morgan fingerprint density at radius 1 is 0.907 bits per heavy atom. The van der Waals surface area contributed by atoms with Gasteiger partial charge >= 0.3 is 12.1 Å². The summed E-state index contributed by atoms with van der Waals surface area (Å²) in [5, 5.41) is 0. The van der Waals surface area contributed by atoms with E-state index in [-0.39, 0.29) is 23.3 Å². The number of carbonyl (C=O) groups excluding carboxylic acids is 2. The van der Waals surface area contributed by atoms with Gasteiger partial charge in [-0.2, -0.15) is 13.2 Å². The second-order valence-corrected chi connectivity index (χ2v) is 11.6. The van der Waals surface area contributed by atoms with Gasteiger partial charge in [0.25, 0.3) is 5.91 Å². The Morgan fingerprint density at radius 3 is 2.16 bits per heavy atom. The third-order valence-electron chi connectivity index (χ3n) is 8.62. The normalized spacial score (nSPS) is 16.0. The summed E-state index contributed by atoms with van der Waals surface area (Å²) in [6, 6.07) is 22.2. The maximum Gasteiger partial charge on any atom is 0.416 e. The Balaban J connectivity index is 1.34. The van der Waals surface area contributed by atoms with Crippen molar-refractivity contribution in [1.29, 1.82) is 0 Å². The minimum atomic E-state index is -4.41. The van der Waals surface area contributed by atoms with E-state index in [1.165, 1.54) is 12.1 Å². The van der Waals surface area contributed by atoms with Gasteiger partial charge in [0, 0.05) is 37.2 Å². The second kappa shape index (κ2) is 14.2. The summed E-state index contributed by atoms with van der Waals surface area (Å²) in [6.07, 6.45) is -0.604. The van der Waals surface area contributed by atoms with E-state index in [4.69, 9.17) is 4.74 Å². The fourth-order valence-corrected chi connectivity index (χ4v) is 6.04. The topological polar surface area (TPSA) is 49.9 Å². The molecule has 5 nitrogen and oxygen atoms in total. The van der Waals surface area contributed by atoms with Crippen molar-refractivity contribution in [3.8, 4) is 11.1 Å². The number of carbonyl (C=O) groups is 2. The number of hydrogen-bond donors (Lipinski definition) is 0. The Hall–Kier alpha value is -3.65. The molecule has 0 radical (unpaired) electrons. The molecule has 0 aromatic heterocycles. The summed E-state index contributed by atoms with van der Waals surface area (Å²) >= 11 is 0.